The van der Waals surface area contributed by atoms with Crippen LogP contribution in [0.5, 0.6) is 5.75 Å². The summed E-state index contributed by atoms with van der Waals surface area (Å²) in [7, 11) is 0. The third-order valence-corrected chi connectivity index (χ3v) is 2.79. The average Bonchev–Trinajstić information content (AvgIpc) is 2.49. The van der Waals surface area contributed by atoms with Crippen molar-refractivity contribution in [2.75, 3.05) is 6.61 Å². The summed E-state index contributed by atoms with van der Waals surface area (Å²) in [6.45, 7) is 2.09. The van der Waals surface area contributed by atoms with Gasteiger partial charge in [-0.15, -0.1) is 0 Å². The van der Waals surface area contributed by atoms with Gasteiger partial charge in [0.1, 0.15) is 5.75 Å². The predicted molar refractivity (Wildman–Crippen MR) is 78.2 cm³/mol. The molecule has 0 fully saturated rings. The molecule has 0 amide bonds. The lowest BCUT2D eigenvalue weighted by Gasteiger charge is -2.05. The molecule has 0 unspecified atom stereocenters. The van der Waals surface area contributed by atoms with Gasteiger partial charge in [-0.05, 0) is 36.8 Å². The highest BCUT2D eigenvalue weighted by Gasteiger charge is 2.09. The summed E-state index contributed by atoms with van der Waals surface area (Å²) in [6, 6.07) is 15.6. The Labute approximate surface area is 123 Å². The number of esters is 2. The molecule has 2 aromatic rings. The zero-order valence-electron chi connectivity index (χ0n) is 11.7. The molecular formula is C17H16O4. The lowest BCUT2D eigenvalue weighted by molar-refractivity contribution is -0.133. The highest BCUT2D eigenvalue weighted by molar-refractivity contribution is 5.89. The first-order chi connectivity index (χ1) is 10.2. The van der Waals surface area contributed by atoms with Crippen LogP contribution in [0.4, 0.5) is 0 Å². The van der Waals surface area contributed by atoms with Crippen molar-refractivity contribution in [1.29, 1.82) is 0 Å². The van der Waals surface area contributed by atoms with E-state index in [1.807, 2.05) is 6.07 Å². The highest BCUT2D eigenvalue weighted by atomic mass is 16.5. The van der Waals surface area contributed by atoms with Gasteiger partial charge in [0.15, 0.2) is 0 Å². The Morgan fingerprint density at radius 2 is 1.62 bits per heavy atom. The van der Waals surface area contributed by atoms with Gasteiger partial charge in [0.2, 0.25) is 0 Å². The molecule has 0 spiro atoms. The molecule has 108 valence electrons. The van der Waals surface area contributed by atoms with E-state index in [2.05, 4.69) is 0 Å². The Kier molecular flexibility index (Phi) is 5.10. The van der Waals surface area contributed by atoms with Crippen molar-refractivity contribution < 1.29 is 19.1 Å². The number of carbonyl (C=O) groups is 2. The van der Waals surface area contributed by atoms with E-state index in [1.54, 1.807) is 55.5 Å². The second-order valence-electron chi connectivity index (χ2n) is 4.38. The minimum absolute atomic E-state index is 0.151. The van der Waals surface area contributed by atoms with E-state index < -0.39 is 0 Å². The Morgan fingerprint density at radius 1 is 0.952 bits per heavy atom. The van der Waals surface area contributed by atoms with Crippen molar-refractivity contribution in [1.82, 2.24) is 0 Å². The van der Waals surface area contributed by atoms with Crippen molar-refractivity contribution in [3.63, 3.8) is 0 Å². The van der Waals surface area contributed by atoms with Crippen molar-refractivity contribution in [2.45, 2.75) is 13.3 Å². The van der Waals surface area contributed by atoms with Crippen LogP contribution in [0, 0.1) is 0 Å². The largest absolute Gasteiger partial charge is 0.462 e. The molecule has 0 saturated heterocycles. The number of hydrogen-bond acceptors (Lipinski definition) is 4. The minimum atomic E-state index is -0.365. The van der Waals surface area contributed by atoms with Gasteiger partial charge in [-0.25, -0.2) is 4.79 Å². The van der Waals surface area contributed by atoms with E-state index in [-0.39, 0.29) is 18.4 Å². The van der Waals surface area contributed by atoms with E-state index in [4.69, 9.17) is 9.47 Å². The quantitative estimate of drug-likeness (QED) is 0.625. The Bertz CT molecular complexity index is 602. The topological polar surface area (TPSA) is 52.6 Å². The third-order valence-electron chi connectivity index (χ3n) is 2.79. The van der Waals surface area contributed by atoms with Crippen LogP contribution in [0.3, 0.4) is 0 Å². The molecule has 0 aliphatic heterocycles. The van der Waals surface area contributed by atoms with Gasteiger partial charge < -0.3 is 9.47 Å². The molecule has 0 radical (unpaired) electrons. The highest BCUT2D eigenvalue weighted by Crippen LogP contribution is 2.11. The predicted octanol–water partition coefficient (Wildman–Crippen LogP) is 3.01. The third kappa shape index (κ3) is 4.45. The number of rotatable bonds is 5. The first-order valence-electron chi connectivity index (χ1n) is 6.71. The van der Waals surface area contributed by atoms with E-state index in [0.29, 0.717) is 17.9 Å². The molecule has 0 aliphatic rings. The second-order valence-corrected chi connectivity index (χ2v) is 4.38. The zero-order valence-corrected chi connectivity index (χ0v) is 11.7. The number of ether oxygens (including phenoxy) is 2. The van der Waals surface area contributed by atoms with Crippen LogP contribution in [0.25, 0.3) is 0 Å². The molecule has 0 atom stereocenters. The zero-order chi connectivity index (χ0) is 15.1. The van der Waals surface area contributed by atoms with Crippen LogP contribution in [0.1, 0.15) is 22.8 Å². The van der Waals surface area contributed by atoms with Gasteiger partial charge in [0.25, 0.3) is 0 Å². The molecule has 2 rings (SSSR count). The van der Waals surface area contributed by atoms with Gasteiger partial charge >= 0.3 is 11.9 Å². The van der Waals surface area contributed by atoms with Crippen molar-refractivity contribution in [2.24, 2.45) is 0 Å². The molecule has 2 aromatic carbocycles. The van der Waals surface area contributed by atoms with E-state index in [0.717, 1.165) is 5.56 Å². The molecule has 0 saturated carbocycles. The van der Waals surface area contributed by atoms with Gasteiger partial charge in [0.05, 0.1) is 18.6 Å². The average molecular weight is 284 g/mol. The second kappa shape index (κ2) is 7.24. The summed E-state index contributed by atoms with van der Waals surface area (Å²) in [6.07, 6.45) is 0.151. The van der Waals surface area contributed by atoms with Crippen molar-refractivity contribution in [3.8, 4) is 5.75 Å². The minimum Gasteiger partial charge on any atom is -0.462 e. The first-order valence-corrected chi connectivity index (χ1v) is 6.71. The van der Waals surface area contributed by atoms with Gasteiger partial charge in [0, 0.05) is 0 Å². The maximum atomic E-state index is 11.8. The van der Waals surface area contributed by atoms with E-state index in [9.17, 15) is 9.59 Å². The molecule has 0 aromatic heterocycles. The van der Waals surface area contributed by atoms with Gasteiger partial charge in [-0.2, -0.15) is 0 Å². The van der Waals surface area contributed by atoms with Crippen molar-refractivity contribution in [3.05, 3.63) is 65.7 Å². The van der Waals surface area contributed by atoms with Crippen LogP contribution in [0.2, 0.25) is 0 Å². The SMILES string of the molecule is CCOC(=O)c1ccc(CC(=O)Oc2ccccc2)cc1. The van der Waals surface area contributed by atoms with Crippen LogP contribution in [0.15, 0.2) is 54.6 Å². The number of carbonyl (C=O) groups excluding carboxylic acids is 2. The first kappa shape index (κ1) is 14.8. The normalized spacial score (nSPS) is 9.95. The smallest absolute Gasteiger partial charge is 0.338 e. The van der Waals surface area contributed by atoms with Crippen molar-refractivity contribution >= 4 is 11.9 Å². The molecule has 21 heavy (non-hydrogen) atoms. The monoisotopic (exact) mass is 284 g/mol. The lowest BCUT2D eigenvalue weighted by Crippen LogP contribution is -2.11. The molecule has 0 aliphatic carbocycles. The summed E-state index contributed by atoms with van der Waals surface area (Å²) in [5.41, 5.74) is 1.25. The number of para-hydroxylation sites is 1. The van der Waals surface area contributed by atoms with Crippen LogP contribution in [-0.4, -0.2) is 18.5 Å². The van der Waals surface area contributed by atoms with E-state index >= 15 is 0 Å². The molecule has 0 heterocycles. The van der Waals surface area contributed by atoms with Gasteiger partial charge in [-0.3, -0.25) is 4.79 Å². The fraction of sp³-hybridized carbons (Fsp3) is 0.176. The molecule has 4 nitrogen and oxygen atoms in total. The fourth-order valence-electron chi connectivity index (χ4n) is 1.80. The maximum absolute atomic E-state index is 11.8. The van der Waals surface area contributed by atoms with Crippen LogP contribution >= 0.6 is 0 Å². The summed E-state index contributed by atoms with van der Waals surface area (Å²) < 4.78 is 10.1. The molecule has 0 N–H and O–H groups in total. The van der Waals surface area contributed by atoms with Crippen LogP contribution < -0.4 is 4.74 Å². The summed E-state index contributed by atoms with van der Waals surface area (Å²) in [5.74, 6) is -0.188. The Hall–Kier alpha value is -2.62. The molecule has 0 bridgehead atoms. The Balaban J connectivity index is 1.94. The number of hydrogen-bond donors (Lipinski definition) is 0. The number of benzene rings is 2. The van der Waals surface area contributed by atoms with Gasteiger partial charge in [-0.1, -0.05) is 30.3 Å². The van der Waals surface area contributed by atoms with Crippen LogP contribution in [-0.2, 0) is 16.0 Å². The lowest BCUT2D eigenvalue weighted by atomic mass is 10.1. The standard InChI is InChI=1S/C17H16O4/c1-2-20-17(19)14-10-8-13(9-11-14)12-16(18)21-15-6-4-3-5-7-15/h3-11H,2,12H2,1H3. The summed E-state index contributed by atoms with van der Waals surface area (Å²) in [4.78, 5) is 23.3. The fourth-order valence-corrected chi connectivity index (χ4v) is 1.80. The molecule has 4 heteroatoms. The molecular weight excluding hydrogens is 268 g/mol. The Morgan fingerprint density at radius 3 is 2.24 bits per heavy atom. The maximum Gasteiger partial charge on any atom is 0.338 e. The summed E-state index contributed by atoms with van der Waals surface area (Å²) in [5, 5.41) is 0. The summed E-state index contributed by atoms with van der Waals surface area (Å²) >= 11 is 0. The van der Waals surface area contributed by atoms with E-state index in [1.165, 1.54) is 0 Å².